The van der Waals surface area contributed by atoms with Gasteiger partial charge in [0.15, 0.2) is 0 Å². The molecule has 0 aliphatic rings. The third kappa shape index (κ3) is 2.32. The average Bonchev–Trinajstić information content (AvgIpc) is 2.05. The Morgan fingerprint density at radius 2 is 1.69 bits per heavy atom. The summed E-state index contributed by atoms with van der Waals surface area (Å²) in [5, 5.41) is 0. The second kappa shape index (κ2) is 3.62. The molecule has 0 saturated heterocycles. The standard InChI is InChI=1S/C12H13F/c1-4-9-12(2,3)10-5-7-11(13)8-6-10/h5-8H,1-3H3. The van der Waals surface area contributed by atoms with Gasteiger partial charge in [0.2, 0.25) is 0 Å². The molecule has 1 aromatic rings. The summed E-state index contributed by atoms with van der Waals surface area (Å²) in [4.78, 5) is 0. The summed E-state index contributed by atoms with van der Waals surface area (Å²) in [6, 6.07) is 6.49. The predicted octanol–water partition coefficient (Wildman–Crippen LogP) is 3.13. The van der Waals surface area contributed by atoms with Crippen molar-refractivity contribution in [2.24, 2.45) is 0 Å². The van der Waals surface area contributed by atoms with Gasteiger partial charge in [-0.1, -0.05) is 18.1 Å². The van der Waals surface area contributed by atoms with Gasteiger partial charge in [0, 0.05) is 0 Å². The number of halogens is 1. The predicted molar refractivity (Wildman–Crippen MR) is 52.9 cm³/mol. The third-order valence-electron chi connectivity index (χ3n) is 2.00. The lowest BCUT2D eigenvalue weighted by molar-refractivity contribution is 0.622. The number of hydrogen-bond acceptors (Lipinski definition) is 0. The quantitative estimate of drug-likeness (QED) is 0.577. The van der Waals surface area contributed by atoms with E-state index >= 15 is 0 Å². The molecule has 68 valence electrons. The molecule has 0 amide bonds. The van der Waals surface area contributed by atoms with Crippen molar-refractivity contribution in [1.29, 1.82) is 0 Å². The molecule has 13 heavy (non-hydrogen) atoms. The van der Waals surface area contributed by atoms with Crippen molar-refractivity contribution in [2.45, 2.75) is 26.2 Å². The maximum Gasteiger partial charge on any atom is 0.123 e. The first-order chi connectivity index (χ1) is 6.06. The molecule has 0 aliphatic carbocycles. The fourth-order valence-corrected chi connectivity index (χ4v) is 1.25. The van der Waals surface area contributed by atoms with Gasteiger partial charge in [0.05, 0.1) is 5.41 Å². The molecular formula is C12H13F. The van der Waals surface area contributed by atoms with Crippen molar-refractivity contribution >= 4 is 0 Å². The van der Waals surface area contributed by atoms with E-state index in [1.54, 1.807) is 12.1 Å². The molecule has 0 N–H and O–H groups in total. The van der Waals surface area contributed by atoms with Gasteiger partial charge in [0.1, 0.15) is 5.82 Å². The van der Waals surface area contributed by atoms with Crippen molar-refractivity contribution < 1.29 is 4.39 Å². The summed E-state index contributed by atoms with van der Waals surface area (Å²) in [6.45, 7) is 5.86. The van der Waals surface area contributed by atoms with Crippen LogP contribution in [0.15, 0.2) is 24.3 Å². The molecule has 0 fully saturated rings. The monoisotopic (exact) mass is 176 g/mol. The van der Waals surface area contributed by atoms with Gasteiger partial charge >= 0.3 is 0 Å². The van der Waals surface area contributed by atoms with E-state index in [2.05, 4.69) is 11.8 Å². The van der Waals surface area contributed by atoms with Crippen LogP contribution in [0, 0.1) is 17.7 Å². The SMILES string of the molecule is CC#CC(C)(C)c1ccc(F)cc1. The van der Waals surface area contributed by atoms with E-state index in [9.17, 15) is 4.39 Å². The smallest absolute Gasteiger partial charge is 0.123 e. The van der Waals surface area contributed by atoms with E-state index in [4.69, 9.17) is 0 Å². The minimum Gasteiger partial charge on any atom is -0.207 e. The second-order valence-corrected chi connectivity index (χ2v) is 3.51. The molecule has 0 atom stereocenters. The van der Waals surface area contributed by atoms with E-state index in [1.165, 1.54) is 12.1 Å². The van der Waals surface area contributed by atoms with Crippen LogP contribution in [-0.2, 0) is 5.41 Å². The van der Waals surface area contributed by atoms with E-state index in [1.807, 2.05) is 20.8 Å². The Labute approximate surface area is 78.8 Å². The minimum atomic E-state index is -0.205. The fourth-order valence-electron chi connectivity index (χ4n) is 1.25. The van der Waals surface area contributed by atoms with Crippen LogP contribution in [0.2, 0.25) is 0 Å². The average molecular weight is 176 g/mol. The molecule has 0 heterocycles. The largest absolute Gasteiger partial charge is 0.207 e. The molecule has 0 radical (unpaired) electrons. The molecule has 0 bridgehead atoms. The summed E-state index contributed by atoms with van der Waals surface area (Å²) in [5.74, 6) is 5.76. The van der Waals surface area contributed by atoms with Crippen molar-refractivity contribution in [3.8, 4) is 11.8 Å². The van der Waals surface area contributed by atoms with Crippen molar-refractivity contribution in [1.82, 2.24) is 0 Å². The van der Waals surface area contributed by atoms with Crippen LogP contribution >= 0.6 is 0 Å². The maximum absolute atomic E-state index is 12.6. The normalized spacial score (nSPS) is 10.5. The molecule has 0 aromatic heterocycles. The lowest BCUT2D eigenvalue weighted by atomic mass is 9.85. The van der Waals surface area contributed by atoms with Gasteiger partial charge in [-0.25, -0.2) is 4.39 Å². The van der Waals surface area contributed by atoms with Crippen LogP contribution in [0.25, 0.3) is 0 Å². The van der Waals surface area contributed by atoms with Crippen molar-refractivity contribution in [3.63, 3.8) is 0 Å². The third-order valence-corrected chi connectivity index (χ3v) is 2.00. The van der Waals surface area contributed by atoms with Gasteiger partial charge in [0.25, 0.3) is 0 Å². The molecule has 0 unspecified atom stereocenters. The molecule has 1 rings (SSSR count). The van der Waals surface area contributed by atoms with Crippen LogP contribution in [0.5, 0.6) is 0 Å². The fraction of sp³-hybridized carbons (Fsp3) is 0.333. The zero-order valence-electron chi connectivity index (χ0n) is 8.19. The molecular weight excluding hydrogens is 163 g/mol. The molecule has 1 aromatic carbocycles. The Morgan fingerprint density at radius 1 is 1.15 bits per heavy atom. The summed E-state index contributed by atoms with van der Waals surface area (Å²) >= 11 is 0. The lowest BCUT2D eigenvalue weighted by Gasteiger charge is -2.17. The van der Waals surface area contributed by atoms with Gasteiger partial charge in [-0.05, 0) is 38.5 Å². The molecule has 1 heteroatoms. The van der Waals surface area contributed by atoms with Gasteiger partial charge in [-0.3, -0.25) is 0 Å². The first-order valence-electron chi connectivity index (χ1n) is 4.26. The van der Waals surface area contributed by atoms with E-state index < -0.39 is 0 Å². The highest BCUT2D eigenvalue weighted by molar-refractivity contribution is 5.33. The number of benzene rings is 1. The van der Waals surface area contributed by atoms with Crippen LogP contribution in [0.3, 0.4) is 0 Å². The summed E-state index contributed by atoms with van der Waals surface area (Å²) in [5.41, 5.74) is 0.853. The van der Waals surface area contributed by atoms with E-state index in [-0.39, 0.29) is 11.2 Å². The van der Waals surface area contributed by atoms with Crippen LogP contribution in [0.4, 0.5) is 4.39 Å². The zero-order chi connectivity index (χ0) is 9.90. The minimum absolute atomic E-state index is 0.192. The van der Waals surface area contributed by atoms with Crippen LogP contribution in [-0.4, -0.2) is 0 Å². The summed E-state index contributed by atoms with van der Waals surface area (Å²) in [6.07, 6.45) is 0. The molecule has 0 nitrogen and oxygen atoms in total. The first kappa shape index (κ1) is 9.80. The summed E-state index contributed by atoms with van der Waals surface area (Å²) in [7, 11) is 0. The lowest BCUT2D eigenvalue weighted by Crippen LogP contribution is -2.13. The van der Waals surface area contributed by atoms with Gasteiger partial charge in [-0.2, -0.15) is 0 Å². The number of rotatable bonds is 1. The highest BCUT2D eigenvalue weighted by Crippen LogP contribution is 2.21. The highest BCUT2D eigenvalue weighted by Gasteiger charge is 2.16. The Bertz CT molecular complexity index is 336. The summed E-state index contributed by atoms with van der Waals surface area (Å²) < 4.78 is 12.6. The molecule has 0 saturated carbocycles. The highest BCUT2D eigenvalue weighted by atomic mass is 19.1. The second-order valence-electron chi connectivity index (χ2n) is 3.51. The van der Waals surface area contributed by atoms with E-state index in [0.717, 1.165) is 5.56 Å². The van der Waals surface area contributed by atoms with Crippen molar-refractivity contribution in [2.75, 3.05) is 0 Å². The van der Waals surface area contributed by atoms with E-state index in [0.29, 0.717) is 0 Å². The molecule has 0 spiro atoms. The van der Waals surface area contributed by atoms with Gasteiger partial charge in [-0.15, -0.1) is 5.92 Å². The Morgan fingerprint density at radius 3 is 2.15 bits per heavy atom. The topological polar surface area (TPSA) is 0 Å². The van der Waals surface area contributed by atoms with Crippen LogP contribution in [0.1, 0.15) is 26.3 Å². The maximum atomic E-state index is 12.6. The zero-order valence-corrected chi connectivity index (χ0v) is 8.19. The van der Waals surface area contributed by atoms with Crippen LogP contribution < -0.4 is 0 Å². The van der Waals surface area contributed by atoms with Crippen molar-refractivity contribution in [3.05, 3.63) is 35.6 Å². The Balaban J connectivity index is 3.05. The number of hydrogen-bond donors (Lipinski definition) is 0. The first-order valence-corrected chi connectivity index (χ1v) is 4.26. The Hall–Kier alpha value is -1.29. The Kier molecular flexibility index (Phi) is 2.72. The van der Waals surface area contributed by atoms with Gasteiger partial charge < -0.3 is 0 Å². The molecule has 0 aliphatic heterocycles.